The number of benzene rings is 1. The average Bonchev–Trinajstić information content (AvgIpc) is 3.18. The van der Waals surface area contributed by atoms with Gasteiger partial charge in [-0.3, -0.25) is 9.59 Å². The second-order valence-electron chi connectivity index (χ2n) is 8.94. The predicted molar refractivity (Wildman–Crippen MR) is 137 cm³/mol. The summed E-state index contributed by atoms with van der Waals surface area (Å²) < 4.78 is 15.3. The number of nitrogens with one attached hydrogen (secondary N) is 1. The van der Waals surface area contributed by atoms with Gasteiger partial charge in [-0.15, -0.1) is 12.4 Å². The average molecular weight is 505 g/mol. The smallest absolute Gasteiger partial charge is 0.320 e. The first kappa shape index (κ1) is 26.7. The molecule has 0 aliphatic carbocycles. The van der Waals surface area contributed by atoms with Gasteiger partial charge in [0.1, 0.15) is 24.2 Å². The van der Waals surface area contributed by atoms with Crippen molar-refractivity contribution in [3.63, 3.8) is 0 Å². The number of carbonyl (C=O) groups is 1. The van der Waals surface area contributed by atoms with Crippen LogP contribution in [0.3, 0.4) is 0 Å². The first-order valence-electron chi connectivity index (χ1n) is 11.7. The Labute approximate surface area is 210 Å². The molecule has 0 spiro atoms. The van der Waals surface area contributed by atoms with Crippen LogP contribution in [-0.2, 0) is 23.1 Å². The molecule has 35 heavy (non-hydrogen) atoms. The molecule has 10 heteroatoms. The lowest BCUT2D eigenvalue weighted by Crippen LogP contribution is -2.36. The summed E-state index contributed by atoms with van der Waals surface area (Å²) in [4.78, 5) is 28.1. The monoisotopic (exact) mass is 504 g/mol. The van der Waals surface area contributed by atoms with E-state index < -0.39 is 12.0 Å². The molecule has 3 heterocycles. The van der Waals surface area contributed by atoms with Gasteiger partial charge in [0, 0.05) is 56.7 Å². The van der Waals surface area contributed by atoms with Crippen molar-refractivity contribution in [1.82, 2.24) is 19.4 Å². The van der Waals surface area contributed by atoms with Crippen LogP contribution in [0.2, 0.25) is 0 Å². The van der Waals surface area contributed by atoms with Gasteiger partial charge in [-0.2, -0.15) is 0 Å². The third kappa shape index (κ3) is 6.22. The Morgan fingerprint density at radius 2 is 2.06 bits per heavy atom. The number of pyridine rings is 1. The molecule has 3 aromatic rings. The Hall–Kier alpha value is -2.88. The number of aliphatic carboxylic acids is 1. The number of halogens is 1. The highest BCUT2D eigenvalue weighted by molar-refractivity contribution is 5.85. The zero-order valence-corrected chi connectivity index (χ0v) is 21.1. The van der Waals surface area contributed by atoms with E-state index in [4.69, 9.17) is 19.6 Å². The number of aromatic nitrogens is 3. The Morgan fingerprint density at radius 3 is 2.74 bits per heavy atom. The highest BCUT2D eigenvalue weighted by atomic mass is 35.5. The van der Waals surface area contributed by atoms with Crippen LogP contribution in [-0.4, -0.2) is 57.6 Å². The second kappa shape index (κ2) is 11.7. The minimum absolute atomic E-state index is 0. The lowest BCUT2D eigenvalue weighted by atomic mass is 10.00. The third-order valence-corrected chi connectivity index (χ3v) is 6.31. The van der Waals surface area contributed by atoms with Crippen molar-refractivity contribution in [1.29, 1.82) is 0 Å². The van der Waals surface area contributed by atoms with E-state index in [2.05, 4.69) is 9.88 Å². The summed E-state index contributed by atoms with van der Waals surface area (Å²) in [6.45, 7) is 6.54. The zero-order valence-electron chi connectivity index (χ0n) is 20.3. The van der Waals surface area contributed by atoms with E-state index in [1.54, 1.807) is 18.5 Å². The largest absolute Gasteiger partial charge is 0.492 e. The van der Waals surface area contributed by atoms with Gasteiger partial charge in [0.25, 0.3) is 5.56 Å². The Balaban J connectivity index is 0.00000342. The normalized spacial score (nSPS) is 15.1. The number of hydrogen-bond acceptors (Lipinski definition) is 6. The molecule has 1 aliphatic heterocycles. The summed E-state index contributed by atoms with van der Waals surface area (Å²) in [5.74, 6) is 1.12. The molecule has 4 rings (SSSR count). The molecular formula is C25H33ClN4O5. The molecule has 0 amide bonds. The molecule has 9 nitrogen and oxygen atoms in total. The van der Waals surface area contributed by atoms with Crippen LogP contribution in [0.1, 0.15) is 25.3 Å². The molecule has 2 N–H and O–H groups in total. The fourth-order valence-corrected chi connectivity index (χ4v) is 4.32. The van der Waals surface area contributed by atoms with E-state index in [9.17, 15) is 9.59 Å². The standard InChI is InChI=1S/C25H32N4O5.ClH/c1-16-12-19(15-28(3)24(16)30)23-27-21-5-4-20(34-11-8-26-17(2)25(31)32)13-22(21)29(23)14-18-6-9-33-10-7-18;/h4-5,12-13,15,17-18,26H,6-11,14H2,1-3H3,(H,31,32);1H. The summed E-state index contributed by atoms with van der Waals surface area (Å²) in [5, 5.41) is 11.9. The van der Waals surface area contributed by atoms with Crippen molar-refractivity contribution < 1.29 is 19.4 Å². The summed E-state index contributed by atoms with van der Waals surface area (Å²) >= 11 is 0. The van der Waals surface area contributed by atoms with Gasteiger partial charge in [0.2, 0.25) is 0 Å². The van der Waals surface area contributed by atoms with Crippen LogP contribution in [0.15, 0.2) is 35.3 Å². The molecule has 0 radical (unpaired) electrons. The molecule has 1 atom stereocenters. The summed E-state index contributed by atoms with van der Waals surface area (Å²) in [7, 11) is 1.76. The molecule has 190 valence electrons. The highest BCUT2D eigenvalue weighted by Crippen LogP contribution is 2.30. The maximum Gasteiger partial charge on any atom is 0.320 e. The Morgan fingerprint density at radius 1 is 1.31 bits per heavy atom. The second-order valence-corrected chi connectivity index (χ2v) is 8.94. The minimum atomic E-state index is -0.889. The number of aryl methyl sites for hydroxylation is 2. The van der Waals surface area contributed by atoms with Crippen molar-refractivity contribution in [2.45, 2.75) is 39.3 Å². The first-order chi connectivity index (χ1) is 16.3. The van der Waals surface area contributed by atoms with Crippen molar-refractivity contribution in [3.05, 3.63) is 46.4 Å². The maximum absolute atomic E-state index is 12.2. The third-order valence-electron chi connectivity index (χ3n) is 6.31. The first-order valence-corrected chi connectivity index (χ1v) is 11.7. The van der Waals surface area contributed by atoms with Crippen molar-refractivity contribution in [3.8, 4) is 17.1 Å². The van der Waals surface area contributed by atoms with Crippen molar-refractivity contribution in [2.75, 3.05) is 26.4 Å². The Bertz CT molecular complexity index is 1210. The predicted octanol–water partition coefficient (Wildman–Crippen LogP) is 3.00. The molecule has 1 fully saturated rings. The number of ether oxygens (including phenoxy) is 2. The lowest BCUT2D eigenvalue weighted by molar-refractivity contribution is -0.139. The van der Waals surface area contributed by atoms with E-state index >= 15 is 0 Å². The van der Waals surface area contributed by atoms with Crippen molar-refractivity contribution in [2.24, 2.45) is 13.0 Å². The summed E-state index contributed by atoms with van der Waals surface area (Å²) in [5.41, 5.74) is 3.39. The molecule has 0 bridgehead atoms. The molecule has 0 saturated carbocycles. The van der Waals surface area contributed by atoms with Gasteiger partial charge in [0.15, 0.2) is 0 Å². The number of nitrogens with zero attached hydrogens (tertiary/aromatic N) is 3. The summed E-state index contributed by atoms with van der Waals surface area (Å²) in [6.07, 6.45) is 3.83. The summed E-state index contributed by atoms with van der Waals surface area (Å²) in [6, 6.07) is 7.08. The quantitative estimate of drug-likeness (QED) is 0.431. The molecule has 1 aliphatic rings. The fourth-order valence-electron chi connectivity index (χ4n) is 4.32. The minimum Gasteiger partial charge on any atom is -0.492 e. The van der Waals surface area contributed by atoms with Gasteiger partial charge in [-0.25, -0.2) is 4.98 Å². The van der Waals surface area contributed by atoms with E-state index in [0.717, 1.165) is 55.0 Å². The lowest BCUT2D eigenvalue weighted by Gasteiger charge is -2.23. The number of imidazole rings is 1. The van der Waals surface area contributed by atoms with Crippen LogP contribution in [0, 0.1) is 12.8 Å². The zero-order chi connectivity index (χ0) is 24.2. The van der Waals surface area contributed by atoms with Crippen molar-refractivity contribution >= 4 is 29.4 Å². The van der Waals surface area contributed by atoms with E-state index in [0.29, 0.717) is 30.4 Å². The van der Waals surface area contributed by atoms with E-state index in [1.165, 1.54) is 0 Å². The number of carboxylic acid groups (broad SMARTS) is 1. The van der Waals surface area contributed by atoms with Gasteiger partial charge in [0.05, 0.1) is 11.0 Å². The maximum atomic E-state index is 12.2. The van der Waals surface area contributed by atoms with Crippen LogP contribution in [0.5, 0.6) is 5.75 Å². The number of fused-ring (bicyclic) bond motifs is 1. The Kier molecular flexibility index (Phi) is 8.93. The van der Waals surface area contributed by atoms with Crippen LogP contribution >= 0.6 is 12.4 Å². The van der Waals surface area contributed by atoms with E-state index in [1.807, 2.05) is 37.4 Å². The van der Waals surface area contributed by atoms with Gasteiger partial charge >= 0.3 is 5.97 Å². The highest BCUT2D eigenvalue weighted by Gasteiger charge is 2.20. The topological polar surface area (TPSA) is 108 Å². The SMILES string of the molecule is Cc1cc(-c2nc3ccc(OCCNC(C)C(=O)O)cc3n2CC2CCOCC2)cn(C)c1=O.Cl. The van der Waals surface area contributed by atoms with Crippen LogP contribution < -0.4 is 15.6 Å². The molecular weight excluding hydrogens is 472 g/mol. The van der Waals surface area contributed by atoms with Crippen LogP contribution in [0.4, 0.5) is 0 Å². The molecule has 1 aromatic carbocycles. The number of hydrogen-bond donors (Lipinski definition) is 2. The van der Waals surface area contributed by atoms with Crippen LogP contribution in [0.25, 0.3) is 22.4 Å². The molecule has 1 unspecified atom stereocenters. The molecule has 1 saturated heterocycles. The van der Waals surface area contributed by atoms with Gasteiger partial charge in [-0.05, 0) is 50.8 Å². The van der Waals surface area contributed by atoms with Gasteiger partial charge in [-0.1, -0.05) is 0 Å². The fraction of sp³-hybridized carbons (Fsp3) is 0.480. The number of carboxylic acids is 1. The van der Waals surface area contributed by atoms with Gasteiger partial charge < -0.3 is 29.0 Å². The number of rotatable bonds is 9. The molecule has 2 aromatic heterocycles. The van der Waals surface area contributed by atoms with E-state index in [-0.39, 0.29) is 18.0 Å².